The Balaban J connectivity index is 1.92. The lowest BCUT2D eigenvalue weighted by Gasteiger charge is -2.12. The van der Waals surface area contributed by atoms with Crippen LogP contribution in [0.1, 0.15) is 28.9 Å². The van der Waals surface area contributed by atoms with Gasteiger partial charge in [0.05, 0.1) is 16.4 Å². The molecule has 108 valence electrons. The Labute approximate surface area is 125 Å². The van der Waals surface area contributed by atoms with Crippen molar-refractivity contribution in [1.82, 2.24) is 9.78 Å². The van der Waals surface area contributed by atoms with Crippen LogP contribution in [-0.4, -0.2) is 15.8 Å². The summed E-state index contributed by atoms with van der Waals surface area (Å²) in [5, 5.41) is 5.07. The van der Waals surface area contributed by atoms with E-state index >= 15 is 0 Å². The average Bonchev–Trinajstić information content (AvgIpc) is 2.65. The van der Waals surface area contributed by atoms with Crippen LogP contribution in [0.5, 0.6) is 0 Å². The first-order chi connectivity index (χ1) is 9.47. The van der Waals surface area contributed by atoms with Crippen LogP contribution < -0.4 is 5.73 Å². The summed E-state index contributed by atoms with van der Waals surface area (Å²) in [4.78, 5) is 0. The molecule has 0 amide bonds. The van der Waals surface area contributed by atoms with Crippen LogP contribution in [0.2, 0.25) is 5.02 Å². The van der Waals surface area contributed by atoms with Gasteiger partial charge >= 0.3 is 0 Å². The maximum Gasteiger partial charge on any atom is 0.0847 e. The predicted octanol–water partition coefficient (Wildman–Crippen LogP) is 3.19. The van der Waals surface area contributed by atoms with Crippen molar-refractivity contribution in [3.63, 3.8) is 0 Å². The molecule has 0 radical (unpaired) electrons. The summed E-state index contributed by atoms with van der Waals surface area (Å²) in [6.45, 7) is 4.02. The predicted molar refractivity (Wildman–Crippen MR) is 84.1 cm³/mol. The number of nitrogens with zero attached hydrogens (tertiary/aromatic N) is 2. The van der Waals surface area contributed by atoms with Gasteiger partial charge in [0.25, 0.3) is 0 Å². The Morgan fingerprint density at radius 1 is 1.25 bits per heavy atom. The largest absolute Gasteiger partial charge is 0.327 e. The normalized spacial score (nSPS) is 12.7. The molecule has 0 bridgehead atoms. The molecule has 4 heteroatoms. The van der Waals surface area contributed by atoms with Crippen molar-refractivity contribution in [2.45, 2.75) is 39.2 Å². The average molecular weight is 292 g/mol. The zero-order valence-electron chi connectivity index (χ0n) is 12.4. The lowest BCUT2D eigenvalue weighted by molar-refractivity contribution is 0.578. The summed E-state index contributed by atoms with van der Waals surface area (Å²) < 4.78 is 1.84. The third-order valence-corrected chi connectivity index (χ3v) is 4.13. The Hall–Kier alpha value is -1.32. The van der Waals surface area contributed by atoms with E-state index in [0.717, 1.165) is 35.7 Å². The van der Waals surface area contributed by atoms with Gasteiger partial charge in [-0.15, -0.1) is 0 Å². The van der Waals surface area contributed by atoms with Gasteiger partial charge in [0, 0.05) is 19.5 Å². The quantitative estimate of drug-likeness (QED) is 0.919. The molecule has 2 rings (SSSR count). The highest BCUT2D eigenvalue weighted by atomic mass is 35.5. The van der Waals surface area contributed by atoms with Gasteiger partial charge < -0.3 is 5.73 Å². The molecule has 2 aromatic rings. The Kier molecular flexibility index (Phi) is 4.84. The number of nitrogens with two attached hydrogens (primary N) is 1. The van der Waals surface area contributed by atoms with E-state index in [1.165, 1.54) is 11.1 Å². The van der Waals surface area contributed by atoms with Crippen LogP contribution in [0.25, 0.3) is 0 Å². The van der Waals surface area contributed by atoms with Crippen molar-refractivity contribution in [3.05, 3.63) is 51.8 Å². The number of hydrogen-bond donors (Lipinski definition) is 1. The molecule has 0 aliphatic rings. The number of rotatable bonds is 5. The minimum Gasteiger partial charge on any atom is -0.327 e. The molecule has 3 nitrogen and oxygen atoms in total. The SMILES string of the molecule is Cc1ccc(CCC(N)Cc2c(Cl)c(C)nn2C)cc1. The molecule has 1 aromatic heterocycles. The van der Waals surface area contributed by atoms with E-state index in [2.05, 4.69) is 36.3 Å². The van der Waals surface area contributed by atoms with Gasteiger partial charge in [-0.3, -0.25) is 4.68 Å². The van der Waals surface area contributed by atoms with Crippen molar-refractivity contribution in [1.29, 1.82) is 0 Å². The van der Waals surface area contributed by atoms with Crippen molar-refractivity contribution in [2.75, 3.05) is 0 Å². The number of benzene rings is 1. The Bertz CT molecular complexity index is 572. The van der Waals surface area contributed by atoms with Gasteiger partial charge in [-0.25, -0.2) is 0 Å². The van der Waals surface area contributed by atoms with E-state index in [1.807, 2.05) is 18.7 Å². The van der Waals surface area contributed by atoms with Crippen LogP contribution >= 0.6 is 11.6 Å². The van der Waals surface area contributed by atoms with Crippen LogP contribution in [-0.2, 0) is 19.9 Å². The molecule has 0 spiro atoms. The molecule has 20 heavy (non-hydrogen) atoms. The monoisotopic (exact) mass is 291 g/mol. The highest BCUT2D eigenvalue weighted by molar-refractivity contribution is 6.31. The summed E-state index contributed by atoms with van der Waals surface area (Å²) >= 11 is 6.25. The topological polar surface area (TPSA) is 43.8 Å². The van der Waals surface area contributed by atoms with Crippen molar-refractivity contribution < 1.29 is 0 Å². The van der Waals surface area contributed by atoms with Gasteiger partial charge in [0.2, 0.25) is 0 Å². The number of halogens is 1. The molecule has 0 fully saturated rings. The smallest absolute Gasteiger partial charge is 0.0847 e. The molecule has 0 saturated heterocycles. The van der Waals surface area contributed by atoms with Crippen LogP contribution in [0.4, 0.5) is 0 Å². The Morgan fingerprint density at radius 2 is 1.90 bits per heavy atom. The third kappa shape index (κ3) is 3.62. The van der Waals surface area contributed by atoms with Crippen molar-refractivity contribution in [3.8, 4) is 0 Å². The van der Waals surface area contributed by atoms with E-state index in [-0.39, 0.29) is 6.04 Å². The fourth-order valence-electron chi connectivity index (χ4n) is 2.36. The molecule has 0 aliphatic carbocycles. The number of aromatic nitrogens is 2. The second-order valence-corrected chi connectivity index (χ2v) is 5.84. The maximum absolute atomic E-state index is 6.25. The van der Waals surface area contributed by atoms with Crippen molar-refractivity contribution >= 4 is 11.6 Å². The standard InChI is InChI=1S/C16H22ClN3/c1-11-4-6-13(7-5-11)8-9-14(18)10-15-16(17)12(2)19-20(15)3/h4-7,14H,8-10,18H2,1-3H3. The first kappa shape index (κ1) is 15.1. The zero-order valence-corrected chi connectivity index (χ0v) is 13.1. The fraction of sp³-hybridized carbons (Fsp3) is 0.438. The summed E-state index contributed by atoms with van der Waals surface area (Å²) in [6.07, 6.45) is 2.71. The van der Waals surface area contributed by atoms with Crippen LogP contribution in [0, 0.1) is 13.8 Å². The van der Waals surface area contributed by atoms with E-state index in [4.69, 9.17) is 17.3 Å². The summed E-state index contributed by atoms with van der Waals surface area (Å²) in [5.41, 5.74) is 10.7. The lowest BCUT2D eigenvalue weighted by Crippen LogP contribution is -2.25. The van der Waals surface area contributed by atoms with E-state index in [1.54, 1.807) is 0 Å². The highest BCUT2D eigenvalue weighted by Crippen LogP contribution is 2.21. The van der Waals surface area contributed by atoms with E-state index in [9.17, 15) is 0 Å². The first-order valence-electron chi connectivity index (χ1n) is 6.96. The van der Waals surface area contributed by atoms with Gasteiger partial charge in [0.1, 0.15) is 0 Å². The van der Waals surface area contributed by atoms with Crippen LogP contribution in [0.15, 0.2) is 24.3 Å². The molecule has 0 saturated carbocycles. The summed E-state index contributed by atoms with van der Waals surface area (Å²) in [5.74, 6) is 0. The highest BCUT2D eigenvalue weighted by Gasteiger charge is 2.14. The maximum atomic E-state index is 6.25. The number of aryl methyl sites for hydroxylation is 4. The first-order valence-corrected chi connectivity index (χ1v) is 7.34. The van der Waals surface area contributed by atoms with Crippen LogP contribution in [0.3, 0.4) is 0 Å². The number of hydrogen-bond acceptors (Lipinski definition) is 2. The van der Waals surface area contributed by atoms with E-state index in [0.29, 0.717) is 0 Å². The van der Waals surface area contributed by atoms with E-state index < -0.39 is 0 Å². The van der Waals surface area contributed by atoms with Gasteiger partial charge in [-0.1, -0.05) is 41.4 Å². The Morgan fingerprint density at radius 3 is 2.45 bits per heavy atom. The molecule has 1 unspecified atom stereocenters. The molecule has 1 aromatic carbocycles. The molecule has 0 aliphatic heterocycles. The minimum absolute atomic E-state index is 0.101. The molecular formula is C16H22ClN3. The molecule has 2 N–H and O–H groups in total. The molecule has 1 atom stereocenters. The fourth-order valence-corrected chi connectivity index (χ4v) is 2.60. The summed E-state index contributed by atoms with van der Waals surface area (Å²) in [7, 11) is 1.92. The zero-order chi connectivity index (χ0) is 14.7. The van der Waals surface area contributed by atoms with Gasteiger partial charge in [0.15, 0.2) is 0 Å². The van der Waals surface area contributed by atoms with Crippen molar-refractivity contribution in [2.24, 2.45) is 12.8 Å². The second-order valence-electron chi connectivity index (χ2n) is 5.46. The molecular weight excluding hydrogens is 270 g/mol. The lowest BCUT2D eigenvalue weighted by atomic mass is 10.0. The van der Waals surface area contributed by atoms with Gasteiger partial charge in [-0.05, 0) is 32.3 Å². The second kappa shape index (κ2) is 6.42. The molecule has 1 heterocycles. The summed E-state index contributed by atoms with van der Waals surface area (Å²) in [6, 6.07) is 8.72. The minimum atomic E-state index is 0.101. The van der Waals surface area contributed by atoms with Gasteiger partial charge in [-0.2, -0.15) is 5.10 Å². The third-order valence-electron chi connectivity index (χ3n) is 3.64.